The lowest BCUT2D eigenvalue weighted by Gasteiger charge is -2.16. The van der Waals surface area contributed by atoms with Crippen molar-refractivity contribution in [1.82, 2.24) is 5.32 Å². The van der Waals surface area contributed by atoms with E-state index in [9.17, 15) is 23.1 Å². The standard InChI is InChI=1S/C16H16F3NO2S/c1-10(12-5-6-23-9-12)15(22)20-8-14(21)11-3-2-4-13(7-11)16(17,18)19/h2-7,9-10,14,21H,8H2,1H3,(H,20,22). The van der Waals surface area contributed by atoms with Gasteiger partial charge in [-0.05, 0) is 47.0 Å². The second kappa shape index (κ2) is 7.14. The van der Waals surface area contributed by atoms with Crippen molar-refractivity contribution in [3.63, 3.8) is 0 Å². The third-order valence-electron chi connectivity index (χ3n) is 3.50. The number of halogens is 3. The highest BCUT2D eigenvalue weighted by Gasteiger charge is 2.30. The zero-order chi connectivity index (χ0) is 17.0. The second-order valence-electron chi connectivity index (χ2n) is 5.16. The van der Waals surface area contributed by atoms with Crippen LogP contribution in [0.5, 0.6) is 0 Å². The van der Waals surface area contributed by atoms with Crippen LogP contribution in [-0.2, 0) is 11.0 Å². The van der Waals surface area contributed by atoms with Crippen LogP contribution in [0.15, 0.2) is 41.1 Å². The van der Waals surface area contributed by atoms with Crippen molar-refractivity contribution in [3.8, 4) is 0 Å². The van der Waals surface area contributed by atoms with E-state index in [1.165, 1.54) is 23.5 Å². The van der Waals surface area contributed by atoms with Gasteiger partial charge in [-0.25, -0.2) is 0 Å². The van der Waals surface area contributed by atoms with Crippen LogP contribution in [0.25, 0.3) is 0 Å². The first-order valence-electron chi connectivity index (χ1n) is 6.94. The maximum Gasteiger partial charge on any atom is 0.416 e. The average molecular weight is 343 g/mol. The minimum absolute atomic E-state index is 0.114. The minimum Gasteiger partial charge on any atom is -0.387 e. The number of rotatable bonds is 5. The van der Waals surface area contributed by atoms with Gasteiger partial charge in [0.15, 0.2) is 0 Å². The molecule has 3 nitrogen and oxygen atoms in total. The van der Waals surface area contributed by atoms with Crippen molar-refractivity contribution < 1.29 is 23.1 Å². The molecule has 0 bridgehead atoms. The topological polar surface area (TPSA) is 49.3 Å². The molecule has 1 heterocycles. The summed E-state index contributed by atoms with van der Waals surface area (Å²) in [6, 6.07) is 6.29. The lowest BCUT2D eigenvalue weighted by atomic mass is 10.0. The minimum atomic E-state index is -4.47. The molecule has 1 aromatic heterocycles. The number of aliphatic hydroxyl groups is 1. The fourth-order valence-corrected chi connectivity index (χ4v) is 2.82. The van der Waals surface area contributed by atoms with Crippen molar-refractivity contribution in [2.75, 3.05) is 6.54 Å². The molecule has 0 aliphatic heterocycles. The van der Waals surface area contributed by atoms with E-state index >= 15 is 0 Å². The molecule has 2 aromatic rings. The third kappa shape index (κ3) is 4.56. The molecule has 0 saturated carbocycles. The molecule has 2 N–H and O–H groups in total. The molecule has 1 amide bonds. The van der Waals surface area contributed by atoms with E-state index in [1.807, 2.05) is 16.8 Å². The van der Waals surface area contributed by atoms with Crippen molar-refractivity contribution in [3.05, 3.63) is 57.8 Å². The molecule has 0 fully saturated rings. The van der Waals surface area contributed by atoms with Gasteiger partial charge >= 0.3 is 6.18 Å². The molecule has 2 rings (SSSR count). The quantitative estimate of drug-likeness (QED) is 0.869. The van der Waals surface area contributed by atoms with E-state index in [1.54, 1.807) is 6.92 Å². The fourth-order valence-electron chi connectivity index (χ4n) is 2.06. The summed E-state index contributed by atoms with van der Waals surface area (Å²) >= 11 is 1.47. The largest absolute Gasteiger partial charge is 0.416 e. The Morgan fingerprint density at radius 2 is 2.04 bits per heavy atom. The number of hydrogen-bond acceptors (Lipinski definition) is 3. The highest BCUT2D eigenvalue weighted by atomic mass is 32.1. The Bertz CT molecular complexity index is 656. The SMILES string of the molecule is CC(C(=O)NCC(O)c1cccc(C(F)(F)F)c1)c1ccsc1. The number of thiophene rings is 1. The van der Waals surface area contributed by atoms with Crippen LogP contribution in [0.1, 0.15) is 35.6 Å². The van der Waals surface area contributed by atoms with Gasteiger partial charge in [-0.2, -0.15) is 24.5 Å². The van der Waals surface area contributed by atoms with Gasteiger partial charge in [-0.3, -0.25) is 4.79 Å². The Hall–Kier alpha value is -1.86. The van der Waals surface area contributed by atoms with Crippen LogP contribution >= 0.6 is 11.3 Å². The van der Waals surface area contributed by atoms with Gasteiger partial charge in [0, 0.05) is 6.54 Å². The van der Waals surface area contributed by atoms with Gasteiger partial charge in [0.25, 0.3) is 0 Å². The highest BCUT2D eigenvalue weighted by molar-refractivity contribution is 7.08. The van der Waals surface area contributed by atoms with Crippen molar-refractivity contribution >= 4 is 17.2 Å². The first kappa shape index (κ1) is 17.5. The molecule has 2 unspecified atom stereocenters. The third-order valence-corrected chi connectivity index (χ3v) is 4.21. The lowest BCUT2D eigenvalue weighted by Crippen LogP contribution is -2.31. The highest BCUT2D eigenvalue weighted by Crippen LogP contribution is 2.30. The molecule has 0 spiro atoms. The van der Waals surface area contributed by atoms with Gasteiger partial charge in [0.05, 0.1) is 17.6 Å². The van der Waals surface area contributed by atoms with Gasteiger partial charge in [-0.1, -0.05) is 12.1 Å². The number of carbonyl (C=O) groups is 1. The van der Waals surface area contributed by atoms with E-state index in [2.05, 4.69) is 5.32 Å². The molecule has 2 atom stereocenters. The molecule has 0 aliphatic rings. The van der Waals surface area contributed by atoms with Crippen LogP contribution in [0.4, 0.5) is 13.2 Å². The molecular weight excluding hydrogens is 327 g/mol. The van der Waals surface area contributed by atoms with Crippen LogP contribution < -0.4 is 5.32 Å². The van der Waals surface area contributed by atoms with Crippen LogP contribution in [-0.4, -0.2) is 17.6 Å². The second-order valence-corrected chi connectivity index (χ2v) is 5.94. The monoisotopic (exact) mass is 343 g/mol. The summed E-state index contributed by atoms with van der Waals surface area (Å²) in [6.07, 6.45) is -5.66. The molecule has 0 saturated heterocycles. The zero-order valence-corrected chi connectivity index (χ0v) is 13.1. The average Bonchev–Trinajstić information content (AvgIpc) is 3.05. The molecule has 0 radical (unpaired) electrons. The first-order valence-corrected chi connectivity index (χ1v) is 7.88. The number of carbonyl (C=O) groups excluding carboxylic acids is 1. The molecule has 124 valence electrons. The zero-order valence-electron chi connectivity index (χ0n) is 12.3. The number of hydrogen-bond donors (Lipinski definition) is 2. The van der Waals surface area contributed by atoms with Gasteiger partial charge in [0.1, 0.15) is 0 Å². The normalized spacial score (nSPS) is 14.3. The number of benzene rings is 1. The Morgan fingerprint density at radius 3 is 2.65 bits per heavy atom. The first-order chi connectivity index (χ1) is 10.8. The Morgan fingerprint density at radius 1 is 1.30 bits per heavy atom. The summed E-state index contributed by atoms with van der Waals surface area (Å²) in [7, 11) is 0. The van der Waals surface area contributed by atoms with E-state index in [-0.39, 0.29) is 23.9 Å². The number of alkyl halides is 3. The van der Waals surface area contributed by atoms with Gasteiger partial charge in [-0.15, -0.1) is 0 Å². The Labute approximate surface area is 135 Å². The summed E-state index contributed by atoms with van der Waals surface area (Å²) < 4.78 is 38.0. The molecule has 1 aromatic carbocycles. The summed E-state index contributed by atoms with van der Waals surface area (Å²) in [6.45, 7) is 1.59. The van der Waals surface area contributed by atoms with E-state index in [0.29, 0.717) is 0 Å². The Balaban J connectivity index is 1.97. The van der Waals surface area contributed by atoms with Crippen LogP contribution in [0.2, 0.25) is 0 Å². The molecule has 0 aliphatic carbocycles. The number of nitrogens with one attached hydrogen (secondary N) is 1. The molecule has 23 heavy (non-hydrogen) atoms. The van der Waals surface area contributed by atoms with E-state index in [0.717, 1.165) is 17.7 Å². The predicted molar refractivity (Wildman–Crippen MR) is 82.1 cm³/mol. The molecular formula is C16H16F3NO2S. The van der Waals surface area contributed by atoms with Crippen molar-refractivity contribution in [2.45, 2.75) is 25.1 Å². The van der Waals surface area contributed by atoms with Crippen LogP contribution in [0, 0.1) is 0 Å². The summed E-state index contributed by atoms with van der Waals surface area (Å²) in [4.78, 5) is 12.0. The van der Waals surface area contributed by atoms with Gasteiger partial charge < -0.3 is 10.4 Å². The number of aliphatic hydroxyl groups excluding tert-OH is 1. The lowest BCUT2D eigenvalue weighted by molar-refractivity contribution is -0.137. The summed E-state index contributed by atoms with van der Waals surface area (Å²) in [5.74, 6) is -0.663. The van der Waals surface area contributed by atoms with E-state index < -0.39 is 17.8 Å². The van der Waals surface area contributed by atoms with Crippen molar-refractivity contribution in [2.24, 2.45) is 0 Å². The van der Waals surface area contributed by atoms with Crippen LogP contribution in [0.3, 0.4) is 0 Å². The maximum absolute atomic E-state index is 12.7. The van der Waals surface area contributed by atoms with E-state index in [4.69, 9.17) is 0 Å². The summed E-state index contributed by atoms with van der Waals surface area (Å²) in [5.41, 5.74) is 0.149. The summed E-state index contributed by atoms with van der Waals surface area (Å²) in [5, 5.41) is 16.3. The fraction of sp³-hybridized carbons (Fsp3) is 0.312. The predicted octanol–water partition coefficient (Wildman–Crippen LogP) is 3.72. The molecule has 7 heteroatoms. The number of amides is 1. The Kier molecular flexibility index (Phi) is 5.43. The smallest absolute Gasteiger partial charge is 0.387 e. The van der Waals surface area contributed by atoms with Crippen molar-refractivity contribution in [1.29, 1.82) is 0 Å². The maximum atomic E-state index is 12.7. The van der Waals surface area contributed by atoms with Gasteiger partial charge in [0.2, 0.25) is 5.91 Å².